The van der Waals surface area contributed by atoms with Crippen LogP contribution in [-0.2, 0) is 38.3 Å². The third-order valence-electron chi connectivity index (χ3n) is 6.91. The van der Waals surface area contributed by atoms with Crippen LogP contribution in [0.1, 0.15) is 52.9 Å². The highest BCUT2D eigenvalue weighted by Crippen LogP contribution is 2.34. The minimum atomic E-state index is -1.58. The highest BCUT2D eigenvalue weighted by Gasteiger charge is 2.60. The van der Waals surface area contributed by atoms with Gasteiger partial charge < -0.3 is 53.2 Å². The number of methoxy groups -OCH3 is 1. The second kappa shape index (κ2) is 17.4. The van der Waals surface area contributed by atoms with E-state index in [1.807, 2.05) is 0 Å². The number of esters is 1. The van der Waals surface area contributed by atoms with E-state index in [4.69, 9.17) is 11.5 Å². The van der Waals surface area contributed by atoms with Crippen LogP contribution in [0.4, 0.5) is 0 Å². The van der Waals surface area contributed by atoms with Gasteiger partial charge in [-0.1, -0.05) is 0 Å². The first kappa shape index (κ1) is 37.4. The number of hydrogen-bond donors (Lipinski definition) is 9. The van der Waals surface area contributed by atoms with Crippen LogP contribution in [0.3, 0.4) is 0 Å². The SMILES string of the molecule is CNCCC(=O)NC(CCCCN)C(=O)N[C@H](C(=O)N[C@@H](C)C(=O)N[C@]1(C(=O)N[C@@H](C)C(=O)C(=O)OC)CC1N)[C@@H](C)O. The van der Waals surface area contributed by atoms with Gasteiger partial charge in [-0.3, -0.25) is 28.8 Å². The number of nitrogens with two attached hydrogens (primary N) is 2. The van der Waals surface area contributed by atoms with Crippen LogP contribution in [-0.4, -0.2) is 115 Å². The van der Waals surface area contributed by atoms with Crippen molar-refractivity contribution in [3.8, 4) is 0 Å². The smallest absolute Gasteiger partial charge is 0.376 e. The van der Waals surface area contributed by atoms with Crippen molar-refractivity contribution >= 4 is 41.3 Å². The molecule has 1 rings (SSSR count). The summed E-state index contributed by atoms with van der Waals surface area (Å²) in [6.45, 7) is 4.63. The third-order valence-corrected chi connectivity index (χ3v) is 6.91. The highest BCUT2D eigenvalue weighted by atomic mass is 16.5. The van der Waals surface area contributed by atoms with Gasteiger partial charge >= 0.3 is 5.97 Å². The van der Waals surface area contributed by atoms with Crippen LogP contribution in [0, 0.1) is 0 Å². The number of carbonyl (C=O) groups is 7. The quantitative estimate of drug-likeness (QED) is 0.0378. The van der Waals surface area contributed by atoms with Crippen molar-refractivity contribution in [2.45, 2.75) is 94.7 Å². The molecule has 0 aromatic carbocycles. The van der Waals surface area contributed by atoms with E-state index in [0.29, 0.717) is 25.9 Å². The molecule has 11 N–H and O–H groups in total. The molecular formula is C26H46N8O9. The Bertz CT molecular complexity index is 1040. The van der Waals surface area contributed by atoms with Gasteiger partial charge in [-0.2, -0.15) is 0 Å². The normalized spacial score (nSPS) is 20.7. The molecule has 0 saturated heterocycles. The Balaban J connectivity index is 2.88. The van der Waals surface area contributed by atoms with Crippen molar-refractivity contribution in [3.63, 3.8) is 0 Å². The Morgan fingerprint density at radius 3 is 2.07 bits per heavy atom. The van der Waals surface area contributed by atoms with Gasteiger partial charge in [-0.25, -0.2) is 4.79 Å². The van der Waals surface area contributed by atoms with Gasteiger partial charge in [-0.05, 0) is 60.0 Å². The van der Waals surface area contributed by atoms with Gasteiger partial charge in [0.25, 0.3) is 5.78 Å². The third kappa shape index (κ3) is 11.2. The number of ether oxygens (including phenoxy) is 1. The average molecular weight is 615 g/mol. The second-order valence-electron chi connectivity index (χ2n) is 10.5. The Kier molecular flexibility index (Phi) is 15.2. The molecule has 0 heterocycles. The topological polar surface area (TPSA) is 273 Å². The van der Waals surface area contributed by atoms with Gasteiger partial charge in [0.05, 0.1) is 19.3 Å². The first-order valence-corrected chi connectivity index (χ1v) is 14.1. The molecule has 1 fully saturated rings. The van der Waals surface area contributed by atoms with Crippen LogP contribution >= 0.6 is 0 Å². The summed E-state index contributed by atoms with van der Waals surface area (Å²) in [6, 6.07) is -5.78. The zero-order valence-corrected chi connectivity index (χ0v) is 25.3. The minimum Gasteiger partial charge on any atom is -0.463 e. The van der Waals surface area contributed by atoms with E-state index in [-0.39, 0.29) is 25.2 Å². The number of hydrogen-bond acceptors (Lipinski definition) is 12. The van der Waals surface area contributed by atoms with Crippen molar-refractivity contribution in [1.82, 2.24) is 31.9 Å². The zero-order chi connectivity index (χ0) is 32.9. The van der Waals surface area contributed by atoms with Gasteiger partial charge in [-0.15, -0.1) is 0 Å². The number of amides is 5. The van der Waals surface area contributed by atoms with E-state index in [1.165, 1.54) is 20.8 Å². The van der Waals surface area contributed by atoms with Gasteiger partial charge in [0, 0.05) is 19.0 Å². The highest BCUT2D eigenvalue weighted by molar-refractivity contribution is 6.36. The Labute approximate surface area is 250 Å². The van der Waals surface area contributed by atoms with E-state index >= 15 is 0 Å². The molecule has 7 atom stereocenters. The van der Waals surface area contributed by atoms with E-state index in [1.54, 1.807) is 7.05 Å². The average Bonchev–Trinajstić information content (AvgIpc) is 3.62. The van der Waals surface area contributed by atoms with Crippen molar-refractivity contribution in [3.05, 3.63) is 0 Å². The standard InChI is InChI=1S/C26H46N8O9/c1-13(20(37)24(41)43-5)31-25(42)26(12-17(26)28)34-21(38)14(2)30-23(40)19(15(3)35)33-22(39)16(8-6-7-10-27)32-18(36)9-11-29-4/h13-17,19,29,35H,6-12,27-28H2,1-5H3,(H,30,40)(H,31,42)(H,32,36)(H,33,39)(H,34,38)/t13-,14-,15+,16?,17?,19-,26+/m0/s1. The van der Waals surface area contributed by atoms with E-state index in [9.17, 15) is 38.7 Å². The van der Waals surface area contributed by atoms with Crippen LogP contribution < -0.4 is 43.4 Å². The summed E-state index contributed by atoms with van der Waals surface area (Å²) in [6.07, 6.45) is 0.140. The lowest BCUT2D eigenvalue weighted by molar-refractivity contribution is -0.152. The number of ketones is 1. The van der Waals surface area contributed by atoms with Crippen molar-refractivity contribution in [2.75, 3.05) is 27.2 Å². The van der Waals surface area contributed by atoms with Crippen LogP contribution in [0.5, 0.6) is 0 Å². The predicted molar refractivity (Wildman–Crippen MR) is 153 cm³/mol. The largest absolute Gasteiger partial charge is 0.463 e. The van der Waals surface area contributed by atoms with Crippen molar-refractivity contribution in [1.29, 1.82) is 0 Å². The Hall–Kier alpha value is -3.67. The summed E-state index contributed by atoms with van der Waals surface area (Å²) < 4.78 is 4.35. The van der Waals surface area contributed by atoms with E-state index in [0.717, 1.165) is 7.11 Å². The van der Waals surface area contributed by atoms with Gasteiger partial charge in [0.2, 0.25) is 29.5 Å². The molecule has 1 saturated carbocycles. The summed E-state index contributed by atoms with van der Waals surface area (Å²) in [5, 5.41) is 25.3. The molecule has 0 aromatic rings. The first-order valence-electron chi connectivity index (χ1n) is 14.1. The zero-order valence-electron chi connectivity index (χ0n) is 25.3. The monoisotopic (exact) mass is 614 g/mol. The molecule has 17 nitrogen and oxygen atoms in total. The number of carbonyl (C=O) groups excluding carboxylic acids is 7. The lowest BCUT2D eigenvalue weighted by atomic mass is 10.1. The molecule has 5 amide bonds. The van der Waals surface area contributed by atoms with Gasteiger partial charge in [0.15, 0.2) is 0 Å². The van der Waals surface area contributed by atoms with Crippen molar-refractivity contribution < 1.29 is 43.4 Å². The summed E-state index contributed by atoms with van der Waals surface area (Å²) in [7, 11) is 2.69. The molecule has 0 aromatic heterocycles. The van der Waals surface area contributed by atoms with Crippen LogP contribution in [0.15, 0.2) is 0 Å². The van der Waals surface area contributed by atoms with E-state index < -0.39 is 77.2 Å². The summed E-state index contributed by atoms with van der Waals surface area (Å²) >= 11 is 0. The van der Waals surface area contributed by atoms with Crippen molar-refractivity contribution in [2.24, 2.45) is 11.5 Å². The number of unbranched alkanes of at least 4 members (excludes halogenated alkanes) is 1. The molecule has 2 unspecified atom stereocenters. The predicted octanol–water partition coefficient (Wildman–Crippen LogP) is -4.59. The molecule has 43 heavy (non-hydrogen) atoms. The van der Waals surface area contributed by atoms with Crippen LogP contribution in [0.25, 0.3) is 0 Å². The first-order chi connectivity index (χ1) is 20.1. The number of Topliss-reactive ketones (excluding diaryl/α,β-unsaturated/α-hetero) is 1. The maximum absolute atomic E-state index is 13.0. The summed E-state index contributed by atoms with van der Waals surface area (Å²) in [4.78, 5) is 87.5. The number of aliphatic hydroxyl groups excluding tert-OH is 1. The lowest BCUT2D eigenvalue weighted by Gasteiger charge is -2.27. The molecule has 1 aliphatic carbocycles. The maximum atomic E-state index is 13.0. The van der Waals surface area contributed by atoms with Gasteiger partial charge in [0.1, 0.15) is 23.7 Å². The summed E-state index contributed by atoms with van der Waals surface area (Å²) in [5.74, 6) is -5.76. The molecule has 0 aliphatic heterocycles. The number of nitrogens with one attached hydrogen (secondary N) is 6. The fraction of sp³-hybridized carbons (Fsp3) is 0.731. The fourth-order valence-corrected chi connectivity index (χ4v) is 4.04. The molecular weight excluding hydrogens is 568 g/mol. The number of rotatable bonds is 19. The fourth-order valence-electron chi connectivity index (χ4n) is 4.04. The molecule has 0 spiro atoms. The lowest BCUT2D eigenvalue weighted by Crippen LogP contribution is -2.61. The molecule has 17 heteroatoms. The maximum Gasteiger partial charge on any atom is 0.376 e. The Morgan fingerprint density at radius 1 is 0.930 bits per heavy atom. The summed E-state index contributed by atoms with van der Waals surface area (Å²) in [5.41, 5.74) is 9.85. The van der Waals surface area contributed by atoms with Crippen LogP contribution in [0.2, 0.25) is 0 Å². The second-order valence-corrected chi connectivity index (χ2v) is 10.5. The molecule has 0 bridgehead atoms. The number of aliphatic hydroxyl groups is 1. The Morgan fingerprint density at radius 2 is 1.56 bits per heavy atom. The molecule has 0 radical (unpaired) electrons. The molecule has 1 aliphatic rings. The minimum absolute atomic E-state index is 0.0301. The van der Waals surface area contributed by atoms with E-state index in [2.05, 4.69) is 36.6 Å². The molecule has 244 valence electrons.